The Morgan fingerprint density at radius 1 is 1.24 bits per heavy atom. The van der Waals surface area contributed by atoms with E-state index in [4.69, 9.17) is 5.11 Å². The number of halogens is 1. The topological polar surface area (TPSA) is 74.6 Å². The second-order valence-electron chi connectivity index (χ2n) is 3.76. The minimum Gasteiger partial charge on any atom is -0.507 e. The lowest BCUT2D eigenvalue weighted by molar-refractivity contribution is -0.147. The molecule has 0 radical (unpaired) electrons. The Kier molecular flexibility index (Phi) is 2.67. The minimum absolute atomic E-state index is 0.148. The van der Waals surface area contributed by atoms with E-state index < -0.39 is 23.3 Å². The van der Waals surface area contributed by atoms with Crippen LogP contribution in [0.15, 0.2) is 23.8 Å². The van der Waals surface area contributed by atoms with Gasteiger partial charge in [0.25, 0.3) is 5.78 Å². The second-order valence-corrected chi connectivity index (χ2v) is 3.76. The molecule has 0 aromatic heterocycles. The van der Waals surface area contributed by atoms with E-state index in [1.807, 2.05) is 0 Å². The summed E-state index contributed by atoms with van der Waals surface area (Å²) < 4.78 is 13.0. The molecule has 1 aromatic carbocycles. The molecular formula is C12H9FO4. The number of fused-ring (bicyclic) bond motifs is 1. The van der Waals surface area contributed by atoms with Crippen LogP contribution in [0.3, 0.4) is 0 Å². The molecule has 2 N–H and O–H groups in total. The summed E-state index contributed by atoms with van der Waals surface area (Å²) >= 11 is 0. The molecule has 17 heavy (non-hydrogen) atoms. The first-order chi connectivity index (χ1) is 8.00. The predicted octanol–water partition coefficient (Wildman–Crippen LogP) is 1.69. The van der Waals surface area contributed by atoms with Crippen LogP contribution in [0.2, 0.25) is 0 Å². The van der Waals surface area contributed by atoms with Gasteiger partial charge >= 0.3 is 5.97 Å². The van der Waals surface area contributed by atoms with E-state index in [-0.39, 0.29) is 17.6 Å². The molecule has 0 atom stereocenters. The standard InChI is InChI=1S/C12H9FO4/c13-7-3-1-6-2-4-8(11(15)12(16)17)10(14)9(6)5-7/h1,3,5,14H,2,4H2,(H,16,17). The highest BCUT2D eigenvalue weighted by molar-refractivity contribution is 6.41. The summed E-state index contributed by atoms with van der Waals surface area (Å²) in [4.78, 5) is 21.8. The molecule has 88 valence electrons. The van der Waals surface area contributed by atoms with E-state index >= 15 is 0 Å². The maximum absolute atomic E-state index is 13.0. The van der Waals surface area contributed by atoms with E-state index in [9.17, 15) is 19.1 Å². The fraction of sp³-hybridized carbons (Fsp3) is 0.167. The van der Waals surface area contributed by atoms with Crippen molar-refractivity contribution in [3.05, 3.63) is 40.7 Å². The lowest BCUT2D eigenvalue weighted by Gasteiger charge is -2.17. The van der Waals surface area contributed by atoms with Gasteiger partial charge in [-0.25, -0.2) is 9.18 Å². The van der Waals surface area contributed by atoms with Crippen LogP contribution in [-0.2, 0) is 16.0 Å². The molecule has 0 saturated heterocycles. The van der Waals surface area contributed by atoms with Gasteiger partial charge in [0.1, 0.15) is 11.6 Å². The number of rotatable bonds is 2. The van der Waals surface area contributed by atoms with Crippen molar-refractivity contribution in [3.8, 4) is 0 Å². The lowest BCUT2D eigenvalue weighted by Crippen LogP contribution is -2.20. The van der Waals surface area contributed by atoms with Gasteiger partial charge in [-0.05, 0) is 30.5 Å². The molecule has 5 heteroatoms. The van der Waals surface area contributed by atoms with Gasteiger partial charge in [0, 0.05) is 11.1 Å². The molecule has 0 saturated carbocycles. The number of aliphatic carboxylic acids is 1. The average molecular weight is 236 g/mol. The first kappa shape index (κ1) is 11.3. The fourth-order valence-electron chi connectivity index (χ4n) is 1.88. The molecule has 0 aliphatic heterocycles. The van der Waals surface area contributed by atoms with E-state index in [1.54, 1.807) is 0 Å². The molecule has 4 nitrogen and oxygen atoms in total. The Morgan fingerprint density at radius 2 is 1.94 bits per heavy atom. The molecule has 0 amide bonds. The predicted molar refractivity (Wildman–Crippen MR) is 56.9 cm³/mol. The van der Waals surface area contributed by atoms with Crippen LogP contribution >= 0.6 is 0 Å². The molecule has 1 aromatic rings. The van der Waals surface area contributed by atoms with Crippen molar-refractivity contribution < 1.29 is 24.2 Å². The minimum atomic E-state index is -1.62. The van der Waals surface area contributed by atoms with Crippen molar-refractivity contribution in [2.24, 2.45) is 0 Å². The Balaban J connectivity index is 2.54. The number of carboxylic acid groups (broad SMARTS) is 1. The first-order valence-electron chi connectivity index (χ1n) is 4.99. The number of hydrogen-bond acceptors (Lipinski definition) is 3. The quantitative estimate of drug-likeness (QED) is 0.766. The van der Waals surface area contributed by atoms with Gasteiger partial charge in [0.2, 0.25) is 0 Å². The van der Waals surface area contributed by atoms with Gasteiger partial charge < -0.3 is 10.2 Å². The SMILES string of the molecule is O=C(O)C(=O)C1=C(O)c2cc(F)ccc2CC1. The van der Waals surface area contributed by atoms with E-state index in [2.05, 4.69) is 0 Å². The van der Waals surface area contributed by atoms with Crippen LogP contribution in [0.5, 0.6) is 0 Å². The largest absolute Gasteiger partial charge is 0.507 e. The summed E-state index contributed by atoms with van der Waals surface area (Å²) in [5.74, 6) is -3.73. The highest BCUT2D eigenvalue weighted by atomic mass is 19.1. The number of hydrogen-bond donors (Lipinski definition) is 2. The van der Waals surface area contributed by atoms with Gasteiger partial charge in [-0.2, -0.15) is 0 Å². The van der Waals surface area contributed by atoms with Crippen LogP contribution in [0.25, 0.3) is 5.76 Å². The van der Waals surface area contributed by atoms with Crippen molar-refractivity contribution in [1.82, 2.24) is 0 Å². The highest BCUT2D eigenvalue weighted by Gasteiger charge is 2.27. The summed E-state index contributed by atoms with van der Waals surface area (Å²) in [6.45, 7) is 0. The van der Waals surface area contributed by atoms with Crippen LogP contribution < -0.4 is 0 Å². The molecule has 1 aliphatic carbocycles. The molecule has 0 bridgehead atoms. The van der Waals surface area contributed by atoms with Crippen LogP contribution in [0.4, 0.5) is 4.39 Å². The van der Waals surface area contributed by atoms with Crippen molar-refractivity contribution in [2.45, 2.75) is 12.8 Å². The van der Waals surface area contributed by atoms with Crippen molar-refractivity contribution in [2.75, 3.05) is 0 Å². The van der Waals surface area contributed by atoms with Gasteiger partial charge in [-0.1, -0.05) is 6.07 Å². The Hall–Kier alpha value is -2.17. The number of aliphatic hydroxyl groups is 1. The summed E-state index contributed by atoms with van der Waals surface area (Å²) in [7, 11) is 0. The molecule has 2 rings (SSSR count). The number of carboxylic acids is 1. The third-order valence-electron chi connectivity index (χ3n) is 2.73. The first-order valence-corrected chi connectivity index (χ1v) is 4.99. The number of ketones is 1. The second kappa shape index (κ2) is 4.01. The summed E-state index contributed by atoms with van der Waals surface area (Å²) in [6, 6.07) is 3.87. The number of aliphatic hydroxyl groups excluding tert-OH is 1. The number of carbonyl (C=O) groups is 2. The molecule has 1 aliphatic rings. The smallest absolute Gasteiger partial charge is 0.377 e. The van der Waals surface area contributed by atoms with E-state index in [0.29, 0.717) is 12.0 Å². The monoisotopic (exact) mass is 236 g/mol. The number of benzene rings is 1. The summed E-state index contributed by atoms with van der Waals surface area (Å²) in [5.41, 5.74) is 0.724. The number of aryl methyl sites for hydroxylation is 1. The zero-order valence-corrected chi connectivity index (χ0v) is 8.74. The average Bonchev–Trinajstić information content (AvgIpc) is 2.29. The lowest BCUT2D eigenvalue weighted by atomic mass is 9.88. The van der Waals surface area contributed by atoms with E-state index in [1.165, 1.54) is 12.1 Å². The summed E-state index contributed by atoms with van der Waals surface area (Å²) in [6.07, 6.45) is 0.559. The van der Waals surface area contributed by atoms with Crippen molar-refractivity contribution in [3.63, 3.8) is 0 Å². The number of carbonyl (C=O) groups excluding carboxylic acids is 1. The maximum atomic E-state index is 13.0. The van der Waals surface area contributed by atoms with Crippen LogP contribution in [0.1, 0.15) is 17.5 Å². The van der Waals surface area contributed by atoms with Gasteiger partial charge in [0.15, 0.2) is 0 Å². The Morgan fingerprint density at radius 3 is 2.59 bits per heavy atom. The Bertz CT molecular complexity index is 545. The third-order valence-corrected chi connectivity index (χ3v) is 2.73. The molecule has 0 spiro atoms. The molecule has 0 fully saturated rings. The van der Waals surface area contributed by atoms with Gasteiger partial charge in [-0.3, -0.25) is 4.79 Å². The van der Waals surface area contributed by atoms with Gasteiger partial charge in [-0.15, -0.1) is 0 Å². The highest BCUT2D eigenvalue weighted by Crippen LogP contribution is 2.30. The molecule has 0 heterocycles. The van der Waals surface area contributed by atoms with E-state index in [0.717, 1.165) is 6.07 Å². The van der Waals surface area contributed by atoms with Crippen molar-refractivity contribution in [1.29, 1.82) is 0 Å². The Labute approximate surface area is 96.0 Å². The zero-order chi connectivity index (χ0) is 12.6. The van der Waals surface area contributed by atoms with Gasteiger partial charge in [0.05, 0.1) is 0 Å². The molecule has 0 unspecified atom stereocenters. The van der Waals surface area contributed by atoms with Crippen molar-refractivity contribution >= 4 is 17.5 Å². The van der Waals surface area contributed by atoms with Crippen LogP contribution in [-0.4, -0.2) is 22.0 Å². The summed E-state index contributed by atoms with van der Waals surface area (Å²) in [5, 5.41) is 18.4. The normalized spacial score (nSPS) is 14.4. The number of Topliss-reactive ketones (excluding diaryl/α,β-unsaturated/α-hetero) is 1. The van der Waals surface area contributed by atoms with Crippen LogP contribution in [0, 0.1) is 5.82 Å². The zero-order valence-electron chi connectivity index (χ0n) is 8.74. The molecular weight excluding hydrogens is 227 g/mol. The maximum Gasteiger partial charge on any atom is 0.377 e. The fourth-order valence-corrected chi connectivity index (χ4v) is 1.88. The third kappa shape index (κ3) is 1.91.